The number of benzene rings is 1. The second-order valence-corrected chi connectivity index (χ2v) is 6.69. The van der Waals surface area contributed by atoms with Gasteiger partial charge in [-0.3, -0.25) is 9.69 Å². The Bertz CT molecular complexity index is 967. The molecule has 1 saturated heterocycles. The monoisotopic (exact) mass is 351 g/mol. The van der Waals surface area contributed by atoms with Crippen molar-refractivity contribution in [1.29, 1.82) is 5.26 Å². The molecular formula is C18H17N5O3. The number of hydrogen-bond acceptors (Lipinski definition) is 6. The lowest BCUT2D eigenvalue weighted by molar-refractivity contribution is -0.117. The number of carbonyl (C=O) groups excluding carboxylic acids is 2. The molecule has 0 radical (unpaired) electrons. The van der Waals surface area contributed by atoms with Gasteiger partial charge in [-0.2, -0.15) is 5.26 Å². The van der Waals surface area contributed by atoms with E-state index in [4.69, 9.17) is 15.7 Å². The number of hydrogen-bond donors (Lipinski definition) is 2. The number of amides is 2. The van der Waals surface area contributed by atoms with Gasteiger partial charge >= 0.3 is 6.09 Å². The average Bonchev–Trinajstić information content (AvgIpc) is 3.33. The molecule has 1 aromatic carbocycles. The number of anilines is 3. The first kappa shape index (κ1) is 16.1. The summed E-state index contributed by atoms with van der Waals surface area (Å²) in [6.07, 6.45) is 1.77. The summed E-state index contributed by atoms with van der Waals surface area (Å²) in [5.41, 5.74) is 7.25. The highest BCUT2D eigenvalue weighted by Gasteiger charge is 2.43. The molecule has 8 nitrogen and oxygen atoms in total. The highest BCUT2D eigenvalue weighted by atomic mass is 16.6. The molecule has 3 N–H and O–H groups in total. The van der Waals surface area contributed by atoms with Crippen LogP contribution in [0.25, 0.3) is 10.8 Å². The van der Waals surface area contributed by atoms with E-state index in [1.807, 2.05) is 13.0 Å². The summed E-state index contributed by atoms with van der Waals surface area (Å²) in [4.78, 5) is 29.8. The Morgan fingerprint density at radius 2 is 2.27 bits per heavy atom. The van der Waals surface area contributed by atoms with E-state index in [0.29, 0.717) is 30.2 Å². The molecule has 132 valence electrons. The lowest BCUT2D eigenvalue weighted by Crippen LogP contribution is -2.30. The Morgan fingerprint density at radius 3 is 2.92 bits per heavy atom. The molecule has 3 atom stereocenters. The number of nitrogens with two attached hydrogens (primary N) is 1. The number of aromatic nitrogens is 1. The highest BCUT2D eigenvalue weighted by molar-refractivity contribution is 6.02. The number of nitrogens with one attached hydrogen (secondary N) is 1. The second-order valence-electron chi connectivity index (χ2n) is 6.69. The maximum atomic E-state index is 12.1. The number of carbonyl (C=O) groups is 2. The van der Waals surface area contributed by atoms with Crippen molar-refractivity contribution in [2.75, 3.05) is 22.6 Å². The first-order valence-corrected chi connectivity index (χ1v) is 8.33. The lowest BCUT2D eigenvalue weighted by atomic mass is 10.1. The molecule has 4 rings (SSSR count). The number of fused-ring (bicyclic) bond motifs is 1. The van der Waals surface area contributed by atoms with Crippen molar-refractivity contribution in [3.05, 3.63) is 24.4 Å². The number of ether oxygens (including phenoxy) is 1. The van der Waals surface area contributed by atoms with E-state index < -0.39 is 6.09 Å². The van der Waals surface area contributed by atoms with Gasteiger partial charge in [0.15, 0.2) is 0 Å². The van der Waals surface area contributed by atoms with Gasteiger partial charge in [0.1, 0.15) is 12.4 Å². The van der Waals surface area contributed by atoms with Crippen LogP contribution in [0.5, 0.6) is 0 Å². The molecule has 2 aromatic rings. The van der Waals surface area contributed by atoms with Gasteiger partial charge in [-0.15, -0.1) is 0 Å². The van der Waals surface area contributed by atoms with Crippen LogP contribution in [0.4, 0.5) is 22.0 Å². The van der Waals surface area contributed by atoms with E-state index in [0.717, 1.165) is 10.8 Å². The van der Waals surface area contributed by atoms with E-state index in [2.05, 4.69) is 16.4 Å². The first-order chi connectivity index (χ1) is 12.5. The van der Waals surface area contributed by atoms with Crippen LogP contribution in [0.2, 0.25) is 0 Å². The highest BCUT2D eigenvalue weighted by Crippen LogP contribution is 2.38. The van der Waals surface area contributed by atoms with E-state index in [9.17, 15) is 9.59 Å². The topological polar surface area (TPSA) is 121 Å². The molecule has 0 bridgehead atoms. The van der Waals surface area contributed by atoms with Gasteiger partial charge in [-0.25, -0.2) is 9.78 Å². The summed E-state index contributed by atoms with van der Waals surface area (Å²) in [6.45, 7) is 2.22. The molecule has 1 aliphatic carbocycles. The van der Waals surface area contributed by atoms with Crippen LogP contribution in [0.1, 0.15) is 13.3 Å². The third-order valence-corrected chi connectivity index (χ3v) is 4.76. The Kier molecular flexibility index (Phi) is 3.65. The van der Waals surface area contributed by atoms with Crippen molar-refractivity contribution in [3.63, 3.8) is 0 Å². The number of nitrogen functional groups attached to an aromatic ring is 1. The molecule has 2 fully saturated rings. The van der Waals surface area contributed by atoms with Crippen LogP contribution in [-0.4, -0.2) is 29.6 Å². The Labute approximate surface area is 149 Å². The van der Waals surface area contributed by atoms with Crippen molar-refractivity contribution in [2.24, 2.45) is 11.8 Å². The SMILES string of the molecule is C[C@H]1COC(=O)N1c1cc(N)c2cnc(NC(=O)[C@H]3C[C@@H]3C#N)cc2c1. The second kappa shape index (κ2) is 5.88. The predicted molar refractivity (Wildman–Crippen MR) is 95.3 cm³/mol. The van der Waals surface area contributed by atoms with Gasteiger partial charge in [-0.05, 0) is 36.9 Å². The summed E-state index contributed by atoms with van der Waals surface area (Å²) >= 11 is 0. The van der Waals surface area contributed by atoms with Crippen molar-refractivity contribution in [1.82, 2.24) is 4.98 Å². The van der Waals surface area contributed by atoms with Crippen LogP contribution in [0.15, 0.2) is 24.4 Å². The van der Waals surface area contributed by atoms with Crippen LogP contribution in [-0.2, 0) is 9.53 Å². The van der Waals surface area contributed by atoms with E-state index in [-0.39, 0.29) is 23.8 Å². The normalized spacial score (nSPS) is 24.2. The number of nitrogens with zero attached hydrogens (tertiary/aromatic N) is 3. The zero-order valence-electron chi connectivity index (χ0n) is 14.1. The molecule has 1 saturated carbocycles. The van der Waals surface area contributed by atoms with Gasteiger partial charge in [0, 0.05) is 17.3 Å². The van der Waals surface area contributed by atoms with E-state index in [1.165, 1.54) is 0 Å². The van der Waals surface area contributed by atoms with Crippen molar-refractivity contribution >= 4 is 40.0 Å². The fraction of sp³-hybridized carbons (Fsp3) is 0.333. The molecule has 26 heavy (non-hydrogen) atoms. The minimum Gasteiger partial charge on any atom is -0.447 e. The zero-order valence-corrected chi connectivity index (χ0v) is 14.1. The zero-order chi connectivity index (χ0) is 18.4. The van der Waals surface area contributed by atoms with Gasteiger partial charge in [0.05, 0.1) is 29.6 Å². The van der Waals surface area contributed by atoms with Crippen molar-refractivity contribution < 1.29 is 14.3 Å². The fourth-order valence-corrected chi connectivity index (χ4v) is 3.20. The van der Waals surface area contributed by atoms with Crippen molar-refractivity contribution in [2.45, 2.75) is 19.4 Å². The average molecular weight is 351 g/mol. The molecule has 8 heteroatoms. The Morgan fingerprint density at radius 1 is 1.46 bits per heavy atom. The standard InChI is InChI=1S/C18H17N5O3/c1-9-8-26-18(25)23(9)12-2-10-4-16(21-7-14(10)15(20)5-12)22-17(24)13-3-11(13)6-19/h2,4-5,7,9,11,13H,3,8,20H2,1H3,(H,21,22,24)/t9-,11+,13-/m0/s1. The molecule has 2 amide bonds. The molecule has 2 heterocycles. The fourth-order valence-electron chi connectivity index (χ4n) is 3.20. The first-order valence-electron chi connectivity index (χ1n) is 8.33. The summed E-state index contributed by atoms with van der Waals surface area (Å²) < 4.78 is 5.06. The predicted octanol–water partition coefficient (Wildman–Crippen LogP) is 2.26. The van der Waals surface area contributed by atoms with Gasteiger partial charge in [0.2, 0.25) is 5.91 Å². The molecule has 0 unspecified atom stereocenters. The van der Waals surface area contributed by atoms with Crippen LogP contribution in [0, 0.1) is 23.2 Å². The van der Waals surface area contributed by atoms with Gasteiger partial charge in [0.25, 0.3) is 0 Å². The largest absolute Gasteiger partial charge is 0.447 e. The van der Waals surface area contributed by atoms with Gasteiger partial charge in [-0.1, -0.05) is 0 Å². The molecule has 1 aliphatic heterocycles. The molecule has 0 spiro atoms. The minimum atomic E-state index is -0.407. The smallest absolute Gasteiger partial charge is 0.414 e. The Hall–Kier alpha value is -3.34. The van der Waals surface area contributed by atoms with E-state index in [1.54, 1.807) is 23.2 Å². The third-order valence-electron chi connectivity index (χ3n) is 4.76. The molecule has 1 aromatic heterocycles. The maximum absolute atomic E-state index is 12.1. The Balaban J connectivity index is 1.65. The van der Waals surface area contributed by atoms with E-state index >= 15 is 0 Å². The molecular weight excluding hydrogens is 334 g/mol. The third kappa shape index (κ3) is 2.67. The number of pyridine rings is 1. The van der Waals surface area contributed by atoms with Crippen LogP contribution >= 0.6 is 0 Å². The maximum Gasteiger partial charge on any atom is 0.414 e. The summed E-state index contributed by atoms with van der Waals surface area (Å²) in [5, 5.41) is 13.1. The summed E-state index contributed by atoms with van der Waals surface area (Å²) in [7, 11) is 0. The molecule has 2 aliphatic rings. The minimum absolute atomic E-state index is 0.0851. The number of nitriles is 1. The summed E-state index contributed by atoms with van der Waals surface area (Å²) in [6, 6.07) is 7.25. The number of cyclic esters (lactones) is 1. The number of rotatable bonds is 3. The van der Waals surface area contributed by atoms with Crippen molar-refractivity contribution in [3.8, 4) is 6.07 Å². The van der Waals surface area contributed by atoms with Crippen LogP contribution < -0.4 is 16.0 Å². The quantitative estimate of drug-likeness (QED) is 0.818. The summed E-state index contributed by atoms with van der Waals surface area (Å²) in [5.74, 6) is -0.293. The van der Waals surface area contributed by atoms with Crippen LogP contribution in [0.3, 0.4) is 0 Å². The van der Waals surface area contributed by atoms with Gasteiger partial charge < -0.3 is 15.8 Å². The lowest BCUT2D eigenvalue weighted by Gasteiger charge is -2.19.